The molecule has 5 nitrogen and oxygen atoms in total. The zero-order chi connectivity index (χ0) is 20.8. The fraction of sp³-hybridized carbons (Fsp3) is 0.167. The summed E-state index contributed by atoms with van der Waals surface area (Å²) in [6.45, 7) is 3.00. The van der Waals surface area contributed by atoms with Gasteiger partial charge >= 0.3 is 0 Å². The highest BCUT2D eigenvalue weighted by molar-refractivity contribution is 7.12. The van der Waals surface area contributed by atoms with Crippen molar-refractivity contribution in [3.63, 3.8) is 0 Å². The first-order chi connectivity index (χ1) is 14.7. The van der Waals surface area contributed by atoms with E-state index in [0.717, 1.165) is 34.9 Å². The lowest BCUT2D eigenvalue weighted by Crippen LogP contribution is -2.48. The molecule has 1 aromatic heterocycles. The van der Waals surface area contributed by atoms with Gasteiger partial charge in [0, 0.05) is 43.6 Å². The fourth-order valence-corrected chi connectivity index (χ4v) is 4.09. The number of nitrogens with zero attached hydrogens (tertiary/aromatic N) is 2. The molecular formula is C24H23N3O2S. The molecule has 1 saturated heterocycles. The molecule has 6 heteroatoms. The van der Waals surface area contributed by atoms with Gasteiger partial charge in [0.1, 0.15) is 0 Å². The quantitative estimate of drug-likeness (QED) is 0.628. The molecule has 0 spiro atoms. The van der Waals surface area contributed by atoms with E-state index in [1.807, 2.05) is 77.0 Å². The number of thiophene rings is 1. The standard InChI is InChI=1S/C24H23N3O2S/c28-23(13-8-19-5-2-1-3-6-19)25-20-9-11-21(12-10-20)26-14-16-27(17-15-26)24(29)22-7-4-18-30-22/h1-13,18H,14-17H2,(H,25,28). The molecule has 152 valence electrons. The summed E-state index contributed by atoms with van der Waals surface area (Å²) < 4.78 is 0. The number of piperazine rings is 1. The van der Waals surface area contributed by atoms with Crippen LogP contribution in [0.15, 0.2) is 78.2 Å². The van der Waals surface area contributed by atoms with Gasteiger partial charge in [-0.15, -0.1) is 11.3 Å². The van der Waals surface area contributed by atoms with Crippen molar-refractivity contribution in [2.75, 3.05) is 36.4 Å². The van der Waals surface area contributed by atoms with E-state index in [1.165, 1.54) is 17.4 Å². The lowest BCUT2D eigenvalue weighted by atomic mass is 10.2. The number of hydrogen-bond acceptors (Lipinski definition) is 4. The molecule has 1 N–H and O–H groups in total. The molecule has 2 aromatic carbocycles. The monoisotopic (exact) mass is 417 g/mol. The molecule has 1 aliphatic rings. The number of anilines is 2. The van der Waals surface area contributed by atoms with Gasteiger partial charge in [-0.2, -0.15) is 0 Å². The largest absolute Gasteiger partial charge is 0.368 e. The van der Waals surface area contributed by atoms with Crippen molar-refractivity contribution in [1.29, 1.82) is 0 Å². The summed E-state index contributed by atoms with van der Waals surface area (Å²) in [6, 6.07) is 21.3. The Morgan fingerprint density at radius 2 is 1.60 bits per heavy atom. The van der Waals surface area contributed by atoms with Gasteiger partial charge in [-0.05, 0) is 47.4 Å². The first-order valence-corrected chi connectivity index (χ1v) is 10.8. The summed E-state index contributed by atoms with van der Waals surface area (Å²) in [5.74, 6) is -0.0430. The Labute approximate surface area is 180 Å². The molecule has 0 unspecified atom stereocenters. The Kier molecular flexibility index (Phi) is 6.25. The van der Waals surface area contributed by atoms with E-state index in [9.17, 15) is 9.59 Å². The van der Waals surface area contributed by atoms with E-state index < -0.39 is 0 Å². The number of carbonyl (C=O) groups excluding carboxylic acids is 2. The lowest BCUT2D eigenvalue weighted by Gasteiger charge is -2.36. The third-order valence-corrected chi connectivity index (χ3v) is 5.88. The molecule has 30 heavy (non-hydrogen) atoms. The van der Waals surface area contributed by atoms with Crippen molar-refractivity contribution in [2.24, 2.45) is 0 Å². The van der Waals surface area contributed by atoms with Gasteiger partial charge in [0.15, 0.2) is 0 Å². The van der Waals surface area contributed by atoms with Crippen LogP contribution in [0.2, 0.25) is 0 Å². The maximum absolute atomic E-state index is 12.5. The SMILES string of the molecule is O=C(C=Cc1ccccc1)Nc1ccc(N2CCN(C(=O)c3cccs3)CC2)cc1. The molecule has 4 rings (SSSR count). The average Bonchev–Trinajstić information content (AvgIpc) is 3.34. The maximum atomic E-state index is 12.5. The lowest BCUT2D eigenvalue weighted by molar-refractivity contribution is -0.111. The van der Waals surface area contributed by atoms with Crippen LogP contribution in [-0.4, -0.2) is 42.9 Å². The Morgan fingerprint density at radius 1 is 0.867 bits per heavy atom. The van der Waals surface area contributed by atoms with Crippen LogP contribution in [0.4, 0.5) is 11.4 Å². The van der Waals surface area contributed by atoms with Crippen LogP contribution in [-0.2, 0) is 4.79 Å². The molecule has 0 aliphatic carbocycles. The summed E-state index contributed by atoms with van der Waals surface area (Å²) >= 11 is 1.49. The normalized spacial score (nSPS) is 14.1. The number of carbonyl (C=O) groups is 2. The zero-order valence-corrected chi connectivity index (χ0v) is 17.3. The summed E-state index contributed by atoms with van der Waals surface area (Å²) in [4.78, 5) is 29.6. The van der Waals surface area contributed by atoms with Gasteiger partial charge < -0.3 is 15.1 Å². The minimum absolute atomic E-state index is 0.117. The minimum Gasteiger partial charge on any atom is -0.368 e. The van der Waals surface area contributed by atoms with E-state index in [4.69, 9.17) is 0 Å². The van der Waals surface area contributed by atoms with Gasteiger partial charge in [-0.25, -0.2) is 0 Å². The first-order valence-electron chi connectivity index (χ1n) is 9.91. The van der Waals surface area contributed by atoms with Crippen molar-refractivity contribution in [2.45, 2.75) is 0 Å². The molecule has 2 heterocycles. The predicted octanol–water partition coefficient (Wildman–Crippen LogP) is 4.36. The van der Waals surface area contributed by atoms with Gasteiger partial charge in [-0.1, -0.05) is 36.4 Å². The average molecular weight is 418 g/mol. The second-order valence-electron chi connectivity index (χ2n) is 7.04. The van der Waals surface area contributed by atoms with Crippen LogP contribution in [0, 0.1) is 0 Å². The molecule has 0 saturated carbocycles. The molecule has 0 radical (unpaired) electrons. The number of rotatable bonds is 5. The summed E-state index contributed by atoms with van der Waals surface area (Å²) in [5, 5.41) is 4.82. The Bertz CT molecular complexity index is 1010. The Morgan fingerprint density at radius 3 is 2.27 bits per heavy atom. The molecule has 0 atom stereocenters. The van der Waals surface area contributed by atoms with Crippen LogP contribution in [0.25, 0.3) is 6.08 Å². The smallest absolute Gasteiger partial charge is 0.264 e. The molecule has 1 fully saturated rings. The molecule has 2 amide bonds. The Balaban J connectivity index is 1.29. The number of benzene rings is 2. The van der Waals surface area contributed by atoms with Gasteiger partial charge in [0.2, 0.25) is 5.91 Å². The van der Waals surface area contributed by atoms with Crippen LogP contribution in [0.1, 0.15) is 15.2 Å². The third-order valence-electron chi connectivity index (χ3n) is 5.03. The van der Waals surface area contributed by atoms with Crippen molar-refractivity contribution < 1.29 is 9.59 Å². The number of amides is 2. The molecular weight excluding hydrogens is 394 g/mol. The second kappa shape index (κ2) is 9.41. The molecule has 3 aromatic rings. The fourth-order valence-electron chi connectivity index (χ4n) is 3.40. The van der Waals surface area contributed by atoms with E-state index in [1.54, 1.807) is 6.08 Å². The van der Waals surface area contributed by atoms with Crippen molar-refractivity contribution in [3.05, 3.63) is 88.6 Å². The third kappa shape index (κ3) is 4.96. The highest BCUT2D eigenvalue weighted by Crippen LogP contribution is 2.21. The molecule has 1 aliphatic heterocycles. The van der Waals surface area contributed by atoms with E-state index in [2.05, 4.69) is 10.2 Å². The van der Waals surface area contributed by atoms with E-state index in [-0.39, 0.29) is 11.8 Å². The van der Waals surface area contributed by atoms with E-state index >= 15 is 0 Å². The molecule has 0 bridgehead atoms. The first kappa shape index (κ1) is 19.9. The second-order valence-corrected chi connectivity index (χ2v) is 7.98. The van der Waals surface area contributed by atoms with Crippen molar-refractivity contribution in [1.82, 2.24) is 4.90 Å². The highest BCUT2D eigenvalue weighted by Gasteiger charge is 2.22. The van der Waals surface area contributed by atoms with Gasteiger partial charge in [0.05, 0.1) is 4.88 Å². The van der Waals surface area contributed by atoms with Crippen molar-refractivity contribution >= 4 is 40.6 Å². The van der Waals surface area contributed by atoms with Gasteiger partial charge in [0.25, 0.3) is 5.91 Å². The zero-order valence-electron chi connectivity index (χ0n) is 16.5. The topological polar surface area (TPSA) is 52.7 Å². The van der Waals surface area contributed by atoms with Crippen LogP contribution < -0.4 is 10.2 Å². The number of hydrogen-bond donors (Lipinski definition) is 1. The predicted molar refractivity (Wildman–Crippen MR) is 123 cm³/mol. The van der Waals surface area contributed by atoms with Crippen LogP contribution in [0.3, 0.4) is 0 Å². The Hall–Kier alpha value is -3.38. The van der Waals surface area contributed by atoms with Crippen LogP contribution in [0.5, 0.6) is 0 Å². The summed E-state index contributed by atoms with van der Waals surface area (Å²) in [5.41, 5.74) is 2.84. The van der Waals surface area contributed by atoms with E-state index in [0.29, 0.717) is 13.1 Å². The summed E-state index contributed by atoms with van der Waals surface area (Å²) in [6.07, 6.45) is 3.33. The summed E-state index contributed by atoms with van der Waals surface area (Å²) in [7, 11) is 0. The van der Waals surface area contributed by atoms with Gasteiger partial charge in [-0.3, -0.25) is 9.59 Å². The number of nitrogens with one attached hydrogen (secondary N) is 1. The minimum atomic E-state index is -0.160. The highest BCUT2D eigenvalue weighted by atomic mass is 32.1. The van der Waals surface area contributed by atoms with Crippen molar-refractivity contribution in [3.8, 4) is 0 Å². The van der Waals surface area contributed by atoms with Crippen LogP contribution >= 0.6 is 11.3 Å². The maximum Gasteiger partial charge on any atom is 0.264 e.